The highest BCUT2D eigenvalue weighted by molar-refractivity contribution is 7.22. The monoisotopic (exact) mass is 442 g/mol. The molecule has 0 fully saturated rings. The number of hydrogen-bond donors (Lipinski definition) is 2. The summed E-state index contributed by atoms with van der Waals surface area (Å²) in [5.41, 5.74) is 1.39. The maximum atomic E-state index is 11.7. The van der Waals surface area contributed by atoms with Crippen molar-refractivity contribution >= 4 is 55.6 Å². The molecule has 0 bridgehead atoms. The molecule has 2 heterocycles. The molecule has 2 N–H and O–H groups in total. The average molecular weight is 443 g/mol. The van der Waals surface area contributed by atoms with Gasteiger partial charge in [-0.1, -0.05) is 35.1 Å². The quantitative estimate of drug-likeness (QED) is 0.303. The molecule has 9 nitrogen and oxygen atoms in total. The van der Waals surface area contributed by atoms with Gasteiger partial charge in [0.15, 0.2) is 5.13 Å². The van der Waals surface area contributed by atoms with E-state index in [1.54, 1.807) is 25.3 Å². The lowest BCUT2D eigenvalue weighted by Crippen LogP contribution is -2.08. The largest absolute Gasteiger partial charge is 0.497 e. The second kappa shape index (κ2) is 8.47. The van der Waals surface area contributed by atoms with Crippen LogP contribution in [0.5, 0.6) is 5.75 Å². The van der Waals surface area contributed by atoms with Gasteiger partial charge in [0, 0.05) is 11.6 Å². The van der Waals surface area contributed by atoms with Gasteiger partial charge in [-0.25, -0.2) is 15.0 Å². The van der Waals surface area contributed by atoms with Crippen molar-refractivity contribution in [2.75, 3.05) is 17.7 Å². The minimum atomic E-state index is -0.525. The molecular formula is C19H15ClN6O3S. The number of benzene rings is 2. The first-order chi connectivity index (χ1) is 14.5. The number of nitrogens with zero attached hydrogens (tertiary/aromatic N) is 4. The van der Waals surface area contributed by atoms with Gasteiger partial charge in [-0.3, -0.25) is 10.1 Å². The number of halogens is 1. The number of aromatic nitrogens is 3. The van der Waals surface area contributed by atoms with Crippen molar-refractivity contribution in [2.45, 2.75) is 6.54 Å². The minimum Gasteiger partial charge on any atom is -0.497 e. The molecule has 2 aromatic carbocycles. The number of nitrogens with one attached hydrogen (secondary N) is 2. The molecule has 0 aliphatic carbocycles. The molecule has 152 valence electrons. The number of rotatable bonds is 7. The van der Waals surface area contributed by atoms with E-state index >= 15 is 0 Å². The number of fused-ring (bicyclic) bond motifs is 1. The van der Waals surface area contributed by atoms with E-state index in [9.17, 15) is 10.1 Å². The van der Waals surface area contributed by atoms with Crippen molar-refractivity contribution < 1.29 is 9.66 Å². The lowest BCUT2D eigenvalue weighted by Gasteiger charge is -2.09. The van der Waals surface area contributed by atoms with Gasteiger partial charge >= 0.3 is 5.69 Å². The van der Waals surface area contributed by atoms with Gasteiger partial charge in [-0.05, 0) is 35.9 Å². The van der Waals surface area contributed by atoms with Gasteiger partial charge in [-0.2, -0.15) is 0 Å². The Morgan fingerprint density at radius 1 is 1.17 bits per heavy atom. The zero-order chi connectivity index (χ0) is 21.1. The van der Waals surface area contributed by atoms with Crippen LogP contribution < -0.4 is 15.4 Å². The van der Waals surface area contributed by atoms with Gasteiger partial charge in [0.1, 0.15) is 12.1 Å². The zero-order valence-electron chi connectivity index (χ0n) is 15.6. The minimum absolute atomic E-state index is 0.0552. The Labute approximate surface area is 179 Å². The van der Waals surface area contributed by atoms with E-state index in [0.717, 1.165) is 15.8 Å². The third-order valence-corrected chi connectivity index (χ3v) is 5.38. The van der Waals surface area contributed by atoms with Crippen LogP contribution in [0.2, 0.25) is 5.02 Å². The number of thiazole rings is 1. The third kappa shape index (κ3) is 4.24. The Kier molecular flexibility index (Phi) is 5.59. The molecule has 2 aromatic heterocycles. The summed E-state index contributed by atoms with van der Waals surface area (Å²) >= 11 is 7.23. The molecule has 0 aliphatic rings. The maximum Gasteiger partial charge on any atom is 0.353 e. The van der Waals surface area contributed by atoms with Crippen molar-refractivity contribution in [3.05, 3.63) is 69.5 Å². The van der Waals surface area contributed by atoms with Crippen molar-refractivity contribution in [1.82, 2.24) is 15.0 Å². The van der Waals surface area contributed by atoms with Gasteiger partial charge in [-0.15, -0.1) is 0 Å². The summed E-state index contributed by atoms with van der Waals surface area (Å²) in [5.74, 6) is 0.870. The van der Waals surface area contributed by atoms with Crippen LogP contribution in [0.3, 0.4) is 0 Å². The molecule has 0 spiro atoms. The number of ether oxygens (including phenoxy) is 1. The fraction of sp³-hybridized carbons (Fsp3) is 0.105. The first-order valence-electron chi connectivity index (χ1n) is 8.73. The molecule has 0 aliphatic heterocycles. The van der Waals surface area contributed by atoms with Crippen LogP contribution in [0.4, 0.5) is 22.5 Å². The second-order valence-electron chi connectivity index (χ2n) is 6.13. The Bertz CT molecular complexity index is 1210. The van der Waals surface area contributed by atoms with E-state index < -0.39 is 4.92 Å². The highest BCUT2D eigenvalue weighted by atomic mass is 35.5. The molecule has 0 atom stereocenters. The molecule has 30 heavy (non-hydrogen) atoms. The number of hydrogen-bond acceptors (Lipinski definition) is 9. The van der Waals surface area contributed by atoms with Gasteiger partial charge in [0.2, 0.25) is 11.6 Å². The average Bonchev–Trinajstić information content (AvgIpc) is 3.14. The third-order valence-electron chi connectivity index (χ3n) is 4.20. The fourth-order valence-electron chi connectivity index (χ4n) is 2.75. The highest BCUT2D eigenvalue weighted by Crippen LogP contribution is 2.35. The summed E-state index contributed by atoms with van der Waals surface area (Å²) in [6, 6.07) is 12.6. The van der Waals surface area contributed by atoms with Crippen LogP contribution in [0.25, 0.3) is 10.2 Å². The van der Waals surface area contributed by atoms with Crippen LogP contribution >= 0.6 is 22.9 Å². The molecule has 11 heteroatoms. The summed E-state index contributed by atoms with van der Waals surface area (Å²) in [4.78, 5) is 23.7. The Morgan fingerprint density at radius 2 is 1.93 bits per heavy atom. The lowest BCUT2D eigenvalue weighted by atomic mass is 10.2. The van der Waals surface area contributed by atoms with E-state index in [4.69, 9.17) is 16.3 Å². The molecular weight excluding hydrogens is 428 g/mol. The molecule has 0 radical (unpaired) electrons. The van der Waals surface area contributed by atoms with E-state index in [-0.39, 0.29) is 17.3 Å². The van der Waals surface area contributed by atoms with Gasteiger partial charge in [0.05, 0.1) is 22.2 Å². The smallest absolute Gasteiger partial charge is 0.353 e. The molecule has 0 unspecified atom stereocenters. The molecule has 0 amide bonds. The van der Waals surface area contributed by atoms with E-state index in [2.05, 4.69) is 25.6 Å². The Hall–Kier alpha value is -3.50. The summed E-state index contributed by atoms with van der Waals surface area (Å²) in [7, 11) is 1.59. The van der Waals surface area contributed by atoms with E-state index in [0.29, 0.717) is 22.4 Å². The first kappa shape index (κ1) is 19.8. The first-order valence-corrected chi connectivity index (χ1v) is 9.92. The van der Waals surface area contributed by atoms with Crippen molar-refractivity contribution in [3.8, 4) is 5.75 Å². The lowest BCUT2D eigenvalue weighted by molar-refractivity contribution is -0.383. The van der Waals surface area contributed by atoms with E-state index in [1.165, 1.54) is 17.7 Å². The van der Waals surface area contributed by atoms with Crippen molar-refractivity contribution in [2.24, 2.45) is 0 Å². The van der Waals surface area contributed by atoms with Gasteiger partial charge in [0.25, 0.3) is 0 Å². The number of nitro groups is 1. The normalized spacial score (nSPS) is 10.7. The summed E-state index contributed by atoms with van der Waals surface area (Å²) in [6.45, 7) is 0.343. The molecule has 4 aromatic rings. The summed E-state index contributed by atoms with van der Waals surface area (Å²) < 4.78 is 6.10. The summed E-state index contributed by atoms with van der Waals surface area (Å²) in [5, 5.41) is 18.8. The van der Waals surface area contributed by atoms with Gasteiger partial charge < -0.3 is 15.4 Å². The van der Waals surface area contributed by atoms with Crippen LogP contribution in [-0.2, 0) is 6.54 Å². The SMILES string of the molecule is COc1ccc2nc(Nc3ncnc(NCc4ccc(Cl)cc4)c3[N+](=O)[O-])sc2c1. The maximum absolute atomic E-state index is 11.7. The number of anilines is 3. The molecule has 0 saturated carbocycles. The standard InChI is InChI=1S/C19H15ClN6O3S/c1-29-13-6-7-14-15(8-13)30-19(24-14)25-18-16(26(27)28)17(22-10-23-18)21-9-11-2-4-12(20)5-3-11/h2-8,10H,9H2,1H3,(H2,21,22,23,24,25). The van der Waals surface area contributed by atoms with Crippen LogP contribution in [0.15, 0.2) is 48.8 Å². The Balaban J connectivity index is 1.60. The second-order valence-corrected chi connectivity index (χ2v) is 7.60. The van der Waals surface area contributed by atoms with Crippen molar-refractivity contribution in [1.29, 1.82) is 0 Å². The number of methoxy groups -OCH3 is 1. The zero-order valence-corrected chi connectivity index (χ0v) is 17.2. The summed E-state index contributed by atoms with van der Waals surface area (Å²) in [6.07, 6.45) is 1.26. The Morgan fingerprint density at radius 3 is 2.67 bits per heavy atom. The van der Waals surface area contributed by atoms with Crippen LogP contribution in [0.1, 0.15) is 5.56 Å². The fourth-order valence-corrected chi connectivity index (χ4v) is 3.77. The van der Waals surface area contributed by atoms with Crippen molar-refractivity contribution in [3.63, 3.8) is 0 Å². The van der Waals surface area contributed by atoms with E-state index in [1.807, 2.05) is 24.3 Å². The molecule has 0 saturated heterocycles. The molecule has 4 rings (SSSR count). The van der Waals surface area contributed by atoms with Crippen LogP contribution in [0, 0.1) is 10.1 Å². The topological polar surface area (TPSA) is 115 Å². The van der Waals surface area contributed by atoms with Crippen LogP contribution in [-0.4, -0.2) is 27.0 Å². The highest BCUT2D eigenvalue weighted by Gasteiger charge is 2.24. The predicted molar refractivity (Wildman–Crippen MR) is 117 cm³/mol. The predicted octanol–water partition coefficient (Wildman–Crippen LogP) is 5.01.